The van der Waals surface area contributed by atoms with Gasteiger partial charge in [-0.1, -0.05) is 13.0 Å². The quantitative estimate of drug-likeness (QED) is 0.513. The fraction of sp³-hybridized carbons (Fsp3) is 0.500. The monoisotopic (exact) mass is 548 g/mol. The van der Waals surface area contributed by atoms with Gasteiger partial charge in [0.1, 0.15) is 22.9 Å². The molecule has 3 aliphatic heterocycles. The number of nitrogens with zero attached hydrogens (tertiary/aromatic N) is 6. The van der Waals surface area contributed by atoms with Gasteiger partial charge in [0, 0.05) is 50.3 Å². The first kappa shape index (κ1) is 26.7. The molecule has 10 heteroatoms. The summed E-state index contributed by atoms with van der Waals surface area (Å²) in [7, 11) is 4.24. The molecule has 0 bridgehead atoms. The lowest BCUT2D eigenvalue weighted by atomic mass is 9.99. The maximum Gasteiger partial charge on any atom is 0.264 e. The maximum atomic E-state index is 14.9. The minimum Gasteiger partial charge on any atom is -0.508 e. The van der Waals surface area contributed by atoms with E-state index in [1.165, 1.54) is 6.07 Å². The number of carbonyl (C=O) groups is 1. The SMILES string of the molecule is CCc1c(F)ccc2cc(O)cc(N3Cc4nc(N5CCC(N(C)C)CC5)nc(N5CCCOCC5)c4C3=O)c12. The van der Waals surface area contributed by atoms with Crippen LogP contribution in [0.4, 0.5) is 21.8 Å². The van der Waals surface area contributed by atoms with Gasteiger partial charge in [-0.15, -0.1) is 0 Å². The average Bonchev–Trinajstić information content (AvgIpc) is 3.10. The molecule has 0 aliphatic carbocycles. The molecule has 6 rings (SSSR count). The Morgan fingerprint density at radius 2 is 1.88 bits per heavy atom. The smallest absolute Gasteiger partial charge is 0.264 e. The number of phenolic OH excluding ortho intramolecular Hbond substituents is 1. The lowest BCUT2D eigenvalue weighted by molar-refractivity contribution is 0.0997. The van der Waals surface area contributed by atoms with Crippen LogP contribution in [0, 0.1) is 5.82 Å². The van der Waals surface area contributed by atoms with Crippen LogP contribution in [0.2, 0.25) is 0 Å². The zero-order valence-electron chi connectivity index (χ0n) is 23.5. The number of hydrogen-bond donors (Lipinski definition) is 1. The zero-order chi connectivity index (χ0) is 28.0. The van der Waals surface area contributed by atoms with Crippen LogP contribution in [0.1, 0.15) is 47.8 Å². The van der Waals surface area contributed by atoms with Crippen molar-refractivity contribution in [2.24, 2.45) is 0 Å². The predicted molar refractivity (Wildman–Crippen MR) is 154 cm³/mol. The molecule has 3 aromatic rings. The molecule has 1 aromatic heterocycles. The van der Waals surface area contributed by atoms with E-state index in [-0.39, 0.29) is 24.0 Å². The third-order valence-corrected chi connectivity index (χ3v) is 8.50. The van der Waals surface area contributed by atoms with Crippen LogP contribution in [0.25, 0.3) is 10.8 Å². The largest absolute Gasteiger partial charge is 0.508 e. The molecule has 2 aromatic carbocycles. The number of aromatic hydroxyl groups is 1. The Kier molecular flexibility index (Phi) is 7.22. The predicted octanol–water partition coefficient (Wildman–Crippen LogP) is 3.95. The molecule has 1 N–H and O–H groups in total. The van der Waals surface area contributed by atoms with Crippen LogP contribution < -0.4 is 14.7 Å². The molecular formula is C30H37FN6O3. The van der Waals surface area contributed by atoms with Crippen LogP contribution in [0.5, 0.6) is 5.75 Å². The number of rotatable bonds is 5. The van der Waals surface area contributed by atoms with Gasteiger partial charge in [0.2, 0.25) is 5.95 Å². The van der Waals surface area contributed by atoms with Crippen LogP contribution in [-0.2, 0) is 17.7 Å². The van der Waals surface area contributed by atoms with Crippen LogP contribution in [0.15, 0.2) is 24.3 Å². The number of carbonyl (C=O) groups excluding carboxylic acids is 1. The molecule has 4 heterocycles. The first-order valence-corrected chi connectivity index (χ1v) is 14.3. The number of aryl methyl sites for hydroxylation is 1. The standard InChI is InChI=1S/C30H37FN6O3/c1-4-22-23(31)7-6-19-16-21(38)17-25(26(19)22)37-18-24-27(29(37)39)28(35-10-5-14-40-15-13-35)33-30(32-24)36-11-8-20(9-12-36)34(2)3/h6-7,16-17,20,38H,4-5,8-15,18H2,1-3H3. The highest BCUT2D eigenvalue weighted by atomic mass is 19.1. The molecule has 0 radical (unpaired) electrons. The van der Waals surface area contributed by atoms with E-state index in [0.717, 1.165) is 38.9 Å². The van der Waals surface area contributed by atoms with Crippen molar-refractivity contribution >= 4 is 34.1 Å². The Balaban J connectivity index is 1.44. The van der Waals surface area contributed by atoms with Crippen LogP contribution in [0.3, 0.4) is 0 Å². The van der Waals surface area contributed by atoms with Crippen LogP contribution in [-0.4, -0.2) is 85.4 Å². The minimum absolute atomic E-state index is 0.0281. The summed E-state index contributed by atoms with van der Waals surface area (Å²) in [6, 6.07) is 6.77. The Labute approximate surface area is 234 Å². The van der Waals surface area contributed by atoms with Crippen molar-refractivity contribution in [1.29, 1.82) is 0 Å². The van der Waals surface area contributed by atoms with Crippen molar-refractivity contribution < 1.29 is 19.0 Å². The van der Waals surface area contributed by atoms with Crippen molar-refractivity contribution in [3.63, 3.8) is 0 Å². The molecule has 0 spiro atoms. The fourth-order valence-corrected chi connectivity index (χ4v) is 6.31. The Morgan fingerprint density at radius 1 is 1.07 bits per heavy atom. The lowest BCUT2D eigenvalue weighted by Crippen LogP contribution is -2.43. The summed E-state index contributed by atoms with van der Waals surface area (Å²) in [6.07, 6.45) is 3.34. The van der Waals surface area contributed by atoms with Gasteiger partial charge in [-0.25, -0.2) is 9.37 Å². The molecule has 2 fully saturated rings. The number of phenols is 1. The molecule has 0 atom stereocenters. The third-order valence-electron chi connectivity index (χ3n) is 8.50. The second kappa shape index (κ2) is 10.8. The maximum absolute atomic E-state index is 14.9. The van der Waals surface area contributed by atoms with Gasteiger partial charge in [-0.3, -0.25) is 4.79 Å². The summed E-state index contributed by atoms with van der Waals surface area (Å²) < 4.78 is 20.6. The van der Waals surface area contributed by atoms with Gasteiger partial charge in [-0.2, -0.15) is 4.98 Å². The van der Waals surface area contributed by atoms with E-state index >= 15 is 0 Å². The summed E-state index contributed by atoms with van der Waals surface area (Å²) >= 11 is 0. The number of piperidine rings is 1. The lowest BCUT2D eigenvalue weighted by Gasteiger charge is -2.35. The van der Waals surface area contributed by atoms with Crippen LogP contribution >= 0.6 is 0 Å². The summed E-state index contributed by atoms with van der Waals surface area (Å²) in [4.78, 5) is 32.4. The van der Waals surface area contributed by atoms with Gasteiger partial charge in [0.05, 0.1) is 24.5 Å². The Hall–Kier alpha value is -3.50. The number of fused-ring (bicyclic) bond motifs is 2. The van der Waals surface area contributed by atoms with E-state index in [2.05, 4.69) is 28.8 Å². The summed E-state index contributed by atoms with van der Waals surface area (Å²) in [5, 5.41) is 11.9. The molecule has 0 saturated carbocycles. The number of halogens is 1. The number of anilines is 3. The molecule has 3 aliphatic rings. The highest BCUT2D eigenvalue weighted by Crippen LogP contribution is 2.41. The van der Waals surface area contributed by atoms with E-state index in [9.17, 15) is 14.3 Å². The van der Waals surface area contributed by atoms with E-state index in [4.69, 9.17) is 14.7 Å². The topological polar surface area (TPSA) is 85.3 Å². The molecule has 0 unspecified atom stereocenters. The van der Waals surface area contributed by atoms with Crippen molar-refractivity contribution in [1.82, 2.24) is 14.9 Å². The van der Waals surface area contributed by atoms with E-state index < -0.39 is 0 Å². The van der Waals surface area contributed by atoms with Gasteiger partial charge in [-0.05, 0) is 62.9 Å². The van der Waals surface area contributed by atoms with Gasteiger partial charge in [0.15, 0.2) is 0 Å². The zero-order valence-corrected chi connectivity index (χ0v) is 23.5. The van der Waals surface area contributed by atoms with Gasteiger partial charge >= 0.3 is 0 Å². The van der Waals surface area contributed by atoms with E-state index in [1.54, 1.807) is 23.1 Å². The molecule has 212 valence electrons. The molecule has 40 heavy (non-hydrogen) atoms. The van der Waals surface area contributed by atoms with Gasteiger partial charge in [0.25, 0.3) is 5.91 Å². The Bertz CT molecular complexity index is 1430. The second-order valence-electron chi connectivity index (χ2n) is 11.1. The van der Waals surface area contributed by atoms with Crippen molar-refractivity contribution in [2.75, 3.05) is 68.2 Å². The third kappa shape index (κ3) is 4.73. The average molecular weight is 549 g/mol. The number of amides is 1. The molecule has 2 saturated heterocycles. The normalized spacial score (nSPS) is 18.6. The van der Waals surface area contributed by atoms with E-state index in [0.29, 0.717) is 77.3 Å². The summed E-state index contributed by atoms with van der Waals surface area (Å²) in [6.45, 7) is 6.43. The molecule has 1 amide bonds. The molecular weight excluding hydrogens is 511 g/mol. The number of hydrogen-bond acceptors (Lipinski definition) is 8. The highest BCUT2D eigenvalue weighted by Gasteiger charge is 2.38. The summed E-state index contributed by atoms with van der Waals surface area (Å²) in [5.74, 6) is 0.761. The van der Waals surface area contributed by atoms with Crippen molar-refractivity contribution in [2.45, 2.75) is 45.2 Å². The van der Waals surface area contributed by atoms with Crippen molar-refractivity contribution in [3.8, 4) is 5.75 Å². The summed E-state index contributed by atoms with van der Waals surface area (Å²) in [5.41, 5.74) is 2.17. The molecule has 9 nitrogen and oxygen atoms in total. The number of ether oxygens (including phenoxy) is 1. The first-order chi connectivity index (χ1) is 19.4. The van der Waals surface area contributed by atoms with Gasteiger partial charge < -0.3 is 29.4 Å². The minimum atomic E-state index is -0.320. The highest BCUT2D eigenvalue weighted by molar-refractivity contribution is 6.16. The Morgan fingerprint density at radius 3 is 2.62 bits per heavy atom. The first-order valence-electron chi connectivity index (χ1n) is 14.3. The van der Waals surface area contributed by atoms with Crippen molar-refractivity contribution in [3.05, 3.63) is 46.9 Å². The number of aromatic nitrogens is 2. The number of benzene rings is 2. The second-order valence-corrected chi connectivity index (χ2v) is 11.1. The van der Waals surface area contributed by atoms with E-state index in [1.807, 2.05) is 6.92 Å². The fourth-order valence-electron chi connectivity index (χ4n) is 6.31.